The SMILES string of the molecule is CNC(=O)c1cc(Nc2nccc(N(C)c3ccc([N+](=O)[O-])cc3)n2)ccc1C. The first-order valence-electron chi connectivity index (χ1n) is 8.80. The summed E-state index contributed by atoms with van der Waals surface area (Å²) in [5.74, 6) is 0.802. The first kappa shape index (κ1) is 19.7. The molecule has 0 saturated carbocycles. The van der Waals surface area contributed by atoms with Crippen molar-refractivity contribution in [1.29, 1.82) is 0 Å². The maximum atomic E-state index is 12.0. The van der Waals surface area contributed by atoms with E-state index in [1.54, 1.807) is 42.4 Å². The maximum Gasteiger partial charge on any atom is 0.269 e. The van der Waals surface area contributed by atoms with Gasteiger partial charge >= 0.3 is 0 Å². The Labute approximate surface area is 167 Å². The quantitative estimate of drug-likeness (QED) is 0.487. The van der Waals surface area contributed by atoms with E-state index in [1.807, 2.05) is 26.1 Å². The Bertz CT molecular complexity index is 1050. The number of rotatable bonds is 6. The highest BCUT2D eigenvalue weighted by Crippen LogP contribution is 2.25. The Morgan fingerprint density at radius 2 is 1.86 bits per heavy atom. The second kappa shape index (κ2) is 8.34. The van der Waals surface area contributed by atoms with Crippen LogP contribution in [0.2, 0.25) is 0 Å². The van der Waals surface area contributed by atoms with E-state index < -0.39 is 4.92 Å². The number of anilines is 4. The molecule has 1 aromatic heterocycles. The van der Waals surface area contributed by atoms with Gasteiger partial charge in [0.15, 0.2) is 0 Å². The number of hydrogen-bond donors (Lipinski definition) is 2. The molecule has 9 heteroatoms. The van der Waals surface area contributed by atoms with Gasteiger partial charge in [-0.15, -0.1) is 0 Å². The third-order valence-electron chi connectivity index (χ3n) is 4.40. The smallest absolute Gasteiger partial charge is 0.269 e. The van der Waals surface area contributed by atoms with Crippen molar-refractivity contribution in [2.24, 2.45) is 0 Å². The standard InChI is InChI=1S/C20H20N6O3/c1-13-4-5-14(12-17(13)19(27)21-2)23-20-22-11-10-18(24-20)25(3)15-6-8-16(9-7-15)26(28)29/h4-12H,1-3H3,(H,21,27)(H,22,23,24). The summed E-state index contributed by atoms with van der Waals surface area (Å²) >= 11 is 0. The normalized spacial score (nSPS) is 10.3. The van der Waals surface area contributed by atoms with Gasteiger partial charge in [0, 0.05) is 49.4 Å². The minimum atomic E-state index is -0.439. The van der Waals surface area contributed by atoms with Crippen LogP contribution in [0.25, 0.3) is 0 Å². The zero-order chi connectivity index (χ0) is 21.0. The fourth-order valence-corrected chi connectivity index (χ4v) is 2.73. The molecule has 9 nitrogen and oxygen atoms in total. The van der Waals surface area contributed by atoms with Crippen molar-refractivity contribution < 1.29 is 9.72 Å². The van der Waals surface area contributed by atoms with Gasteiger partial charge in [-0.3, -0.25) is 14.9 Å². The lowest BCUT2D eigenvalue weighted by Gasteiger charge is -2.18. The lowest BCUT2D eigenvalue weighted by Crippen LogP contribution is -2.19. The predicted molar refractivity (Wildman–Crippen MR) is 111 cm³/mol. The number of aryl methyl sites for hydroxylation is 1. The summed E-state index contributed by atoms with van der Waals surface area (Å²) in [6.45, 7) is 1.87. The largest absolute Gasteiger partial charge is 0.355 e. The average molecular weight is 392 g/mol. The topological polar surface area (TPSA) is 113 Å². The zero-order valence-corrected chi connectivity index (χ0v) is 16.2. The summed E-state index contributed by atoms with van der Waals surface area (Å²) < 4.78 is 0. The van der Waals surface area contributed by atoms with Gasteiger partial charge in [-0.2, -0.15) is 4.98 Å². The fourth-order valence-electron chi connectivity index (χ4n) is 2.73. The van der Waals surface area contributed by atoms with Gasteiger partial charge in [0.1, 0.15) is 5.82 Å². The van der Waals surface area contributed by atoms with Crippen LogP contribution in [0, 0.1) is 17.0 Å². The molecule has 0 aliphatic carbocycles. The van der Waals surface area contributed by atoms with E-state index in [4.69, 9.17) is 0 Å². The number of hydrogen-bond acceptors (Lipinski definition) is 7. The highest BCUT2D eigenvalue weighted by atomic mass is 16.6. The molecule has 0 unspecified atom stereocenters. The first-order chi connectivity index (χ1) is 13.9. The number of nitrogens with zero attached hydrogens (tertiary/aromatic N) is 4. The van der Waals surface area contributed by atoms with Crippen LogP contribution in [0.5, 0.6) is 0 Å². The van der Waals surface area contributed by atoms with E-state index >= 15 is 0 Å². The summed E-state index contributed by atoms with van der Waals surface area (Å²) in [4.78, 5) is 32.9. The molecule has 3 rings (SSSR count). The highest BCUT2D eigenvalue weighted by Gasteiger charge is 2.12. The molecule has 0 aliphatic heterocycles. The van der Waals surface area contributed by atoms with Crippen LogP contribution in [0.3, 0.4) is 0 Å². The number of aromatic nitrogens is 2. The Hall–Kier alpha value is -4.01. The molecule has 3 aromatic rings. The molecule has 0 aliphatic rings. The van der Waals surface area contributed by atoms with Crippen molar-refractivity contribution in [2.75, 3.05) is 24.3 Å². The van der Waals surface area contributed by atoms with E-state index in [2.05, 4.69) is 20.6 Å². The van der Waals surface area contributed by atoms with Gasteiger partial charge in [0.25, 0.3) is 11.6 Å². The molecule has 29 heavy (non-hydrogen) atoms. The fraction of sp³-hybridized carbons (Fsp3) is 0.150. The molecule has 148 valence electrons. The van der Waals surface area contributed by atoms with Gasteiger partial charge < -0.3 is 15.5 Å². The number of carbonyl (C=O) groups excluding carboxylic acids is 1. The summed E-state index contributed by atoms with van der Waals surface area (Å²) in [6, 6.07) is 13.4. The van der Waals surface area contributed by atoms with Crippen molar-refractivity contribution >= 4 is 34.7 Å². The Balaban J connectivity index is 1.82. The molecule has 0 bridgehead atoms. The molecule has 0 fully saturated rings. The van der Waals surface area contributed by atoms with Gasteiger partial charge in [-0.05, 0) is 42.8 Å². The van der Waals surface area contributed by atoms with Crippen LogP contribution in [-0.4, -0.2) is 34.9 Å². The van der Waals surface area contributed by atoms with Crippen molar-refractivity contribution in [1.82, 2.24) is 15.3 Å². The Morgan fingerprint density at radius 1 is 1.14 bits per heavy atom. The molecular weight excluding hydrogens is 372 g/mol. The monoisotopic (exact) mass is 392 g/mol. The van der Waals surface area contributed by atoms with Crippen LogP contribution < -0.4 is 15.5 Å². The number of carbonyl (C=O) groups is 1. The first-order valence-corrected chi connectivity index (χ1v) is 8.80. The van der Waals surface area contributed by atoms with Crippen LogP contribution in [0.1, 0.15) is 15.9 Å². The zero-order valence-electron chi connectivity index (χ0n) is 16.2. The lowest BCUT2D eigenvalue weighted by molar-refractivity contribution is -0.384. The van der Waals surface area contributed by atoms with Gasteiger partial charge in [0.05, 0.1) is 4.92 Å². The summed E-state index contributed by atoms with van der Waals surface area (Å²) in [5.41, 5.74) is 2.89. The Kier molecular flexibility index (Phi) is 5.68. The minimum Gasteiger partial charge on any atom is -0.355 e. The number of nitrogens with one attached hydrogen (secondary N) is 2. The van der Waals surface area contributed by atoms with Crippen LogP contribution in [-0.2, 0) is 0 Å². The number of nitro benzene ring substituents is 1. The highest BCUT2D eigenvalue weighted by molar-refractivity contribution is 5.96. The van der Waals surface area contributed by atoms with Crippen molar-refractivity contribution in [3.63, 3.8) is 0 Å². The van der Waals surface area contributed by atoms with E-state index in [-0.39, 0.29) is 11.6 Å². The molecule has 2 aromatic carbocycles. The van der Waals surface area contributed by atoms with Crippen LogP contribution >= 0.6 is 0 Å². The molecule has 0 saturated heterocycles. The minimum absolute atomic E-state index is 0.0264. The molecule has 0 spiro atoms. The Morgan fingerprint density at radius 3 is 2.52 bits per heavy atom. The number of nitro groups is 1. The lowest BCUT2D eigenvalue weighted by atomic mass is 10.1. The van der Waals surface area contributed by atoms with Gasteiger partial charge in [-0.25, -0.2) is 4.98 Å². The predicted octanol–water partition coefficient (Wildman–Crippen LogP) is 3.56. The van der Waals surface area contributed by atoms with E-state index in [0.717, 1.165) is 11.3 Å². The molecule has 1 amide bonds. The van der Waals surface area contributed by atoms with E-state index in [9.17, 15) is 14.9 Å². The number of non-ortho nitro benzene ring substituents is 1. The van der Waals surface area contributed by atoms with Gasteiger partial charge in [0.2, 0.25) is 5.95 Å². The number of benzene rings is 2. The third-order valence-corrected chi connectivity index (χ3v) is 4.40. The molecule has 1 heterocycles. The second-order valence-electron chi connectivity index (χ2n) is 6.30. The average Bonchev–Trinajstić information content (AvgIpc) is 2.74. The molecule has 0 atom stereocenters. The van der Waals surface area contributed by atoms with Crippen LogP contribution in [0.4, 0.5) is 28.8 Å². The molecule has 0 radical (unpaired) electrons. The maximum absolute atomic E-state index is 12.0. The molecular formula is C20H20N6O3. The van der Waals surface area contributed by atoms with Crippen molar-refractivity contribution in [2.45, 2.75) is 6.92 Å². The second-order valence-corrected chi connectivity index (χ2v) is 6.30. The van der Waals surface area contributed by atoms with E-state index in [0.29, 0.717) is 23.0 Å². The third kappa shape index (κ3) is 4.46. The summed E-state index contributed by atoms with van der Waals surface area (Å²) in [6.07, 6.45) is 1.61. The summed E-state index contributed by atoms with van der Waals surface area (Å²) in [7, 11) is 3.39. The van der Waals surface area contributed by atoms with Crippen LogP contribution in [0.15, 0.2) is 54.7 Å². The van der Waals surface area contributed by atoms with Crippen molar-refractivity contribution in [3.8, 4) is 0 Å². The van der Waals surface area contributed by atoms with Gasteiger partial charge in [-0.1, -0.05) is 6.07 Å². The summed E-state index contributed by atoms with van der Waals surface area (Å²) in [5, 5.41) is 16.5. The molecule has 2 N–H and O–H groups in total. The number of amides is 1. The van der Waals surface area contributed by atoms with E-state index in [1.165, 1.54) is 12.1 Å². The van der Waals surface area contributed by atoms with Crippen molar-refractivity contribution in [3.05, 3.63) is 76.0 Å².